The molecule has 0 saturated heterocycles. The highest BCUT2D eigenvalue weighted by Gasteiger charge is 2.25. The summed E-state index contributed by atoms with van der Waals surface area (Å²) in [6.07, 6.45) is -2.22. The number of carbonyl (C=O) groups excluding carboxylic acids is 2. The number of carbonyl (C=O) groups is 2. The minimum absolute atomic E-state index is 0.00859. The van der Waals surface area contributed by atoms with Crippen molar-refractivity contribution in [3.05, 3.63) is 70.8 Å². The lowest BCUT2D eigenvalue weighted by Crippen LogP contribution is -2.47. The first-order chi connectivity index (χ1) is 17.7. The second kappa shape index (κ2) is 13.0. The Labute approximate surface area is 215 Å². The monoisotopic (exact) mass is 538 g/mol. The number of nitrogens with zero attached hydrogens (tertiary/aromatic N) is 2. The second-order valence-electron chi connectivity index (χ2n) is 8.02. The molecule has 3 rings (SSSR count). The van der Waals surface area contributed by atoms with Gasteiger partial charge in [-0.15, -0.1) is 0 Å². The average molecular weight is 539 g/mol. The Morgan fingerprint density at radius 3 is 2.70 bits per heavy atom. The summed E-state index contributed by atoms with van der Waals surface area (Å²) in [7, 11) is 1.40. The zero-order valence-electron chi connectivity index (χ0n) is 19.7. The Hall–Kier alpha value is -3.74. The van der Waals surface area contributed by atoms with Crippen molar-refractivity contribution in [3.63, 3.8) is 0 Å². The maximum absolute atomic E-state index is 13.6. The van der Waals surface area contributed by atoms with Crippen molar-refractivity contribution in [1.82, 2.24) is 15.4 Å². The van der Waals surface area contributed by atoms with Gasteiger partial charge < -0.3 is 29.7 Å². The number of ether oxygens (including phenoxy) is 1. The van der Waals surface area contributed by atoms with Gasteiger partial charge in [0.15, 0.2) is 11.6 Å². The molecule has 4 N–H and O–H groups in total. The maximum atomic E-state index is 13.6. The molecule has 0 unspecified atom stereocenters. The Morgan fingerprint density at radius 2 is 1.97 bits per heavy atom. The van der Waals surface area contributed by atoms with Gasteiger partial charge in [0.05, 0.1) is 23.8 Å². The van der Waals surface area contributed by atoms with Crippen LogP contribution < -0.4 is 10.6 Å². The quantitative estimate of drug-likeness (QED) is 0.308. The molecule has 1 heterocycles. The van der Waals surface area contributed by atoms with E-state index in [0.29, 0.717) is 11.1 Å². The van der Waals surface area contributed by atoms with Gasteiger partial charge in [-0.1, -0.05) is 41.0 Å². The molecule has 3 amide bonds. The smallest absolute Gasteiger partial charge is 0.412 e. The van der Waals surface area contributed by atoms with E-state index in [1.165, 1.54) is 48.3 Å². The van der Waals surface area contributed by atoms with Gasteiger partial charge in [0.2, 0.25) is 0 Å². The summed E-state index contributed by atoms with van der Waals surface area (Å²) in [4.78, 5) is 26.1. The summed E-state index contributed by atoms with van der Waals surface area (Å²) in [5, 5.41) is 27.6. The normalized spacial score (nSPS) is 12.5. The Kier molecular flexibility index (Phi) is 9.78. The molecule has 0 aliphatic heterocycles. The second-order valence-corrected chi connectivity index (χ2v) is 8.40. The first-order valence-corrected chi connectivity index (χ1v) is 11.4. The zero-order valence-corrected chi connectivity index (χ0v) is 20.4. The third kappa shape index (κ3) is 7.87. The van der Waals surface area contributed by atoms with Crippen LogP contribution in [-0.2, 0) is 11.3 Å². The van der Waals surface area contributed by atoms with Gasteiger partial charge in [0.1, 0.15) is 18.2 Å². The molecule has 0 radical (unpaired) electrons. The number of amides is 3. The summed E-state index contributed by atoms with van der Waals surface area (Å²) in [5.74, 6) is -0.866. The van der Waals surface area contributed by atoms with E-state index >= 15 is 0 Å². The number of likely N-dealkylation sites (N-methyl/N-ethyl adjacent to an activating group) is 1. The molecule has 10 nitrogen and oxygen atoms in total. The first-order valence-electron chi connectivity index (χ1n) is 11.1. The third-order valence-corrected chi connectivity index (χ3v) is 5.76. The van der Waals surface area contributed by atoms with E-state index in [4.69, 9.17) is 20.9 Å². The van der Waals surface area contributed by atoms with Gasteiger partial charge in [-0.25, -0.2) is 18.4 Å². The van der Waals surface area contributed by atoms with Gasteiger partial charge in [0.25, 0.3) is 0 Å². The Morgan fingerprint density at radius 1 is 1.22 bits per heavy atom. The van der Waals surface area contributed by atoms with Crippen molar-refractivity contribution in [2.75, 3.05) is 25.6 Å². The van der Waals surface area contributed by atoms with Crippen molar-refractivity contribution in [1.29, 1.82) is 0 Å². The molecule has 0 spiro atoms. The standard InChI is InChI=1S/C24H25ClF2N4O6/c1-31(23(34)28-11-15-5-3-7-19(27)22(15)25)17(9-18(33)12-32)13-36-24(35)29-21-10-20(37-30-21)14-4-2-6-16(26)8-14/h2-8,10,17-18,32-33H,9,11-13H2,1H3,(H,28,34)(H,29,30,35)/t17-,18+/m0/s1. The molecule has 0 fully saturated rings. The van der Waals surface area contributed by atoms with E-state index in [0.717, 1.165) is 0 Å². The van der Waals surface area contributed by atoms with Crippen LogP contribution in [0.15, 0.2) is 53.1 Å². The van der Waals surface area contributed by atoms with Crippen LogP contribution in [0.1, 0.15) is 12.0 Å². The molecule has 1 aromatic heterocycles. The van der Waals surface area contributed by atoms with E-state index in [1.807, 2.05) is 0 Å². The molecule has 0 saturated carbocycles. The highest BCUT2D eigenvalue weighted by atomic mass is 35.5. The number of benzene rings is 2. The lowest BCUT2D eigenvalue weighted by Gasteiger charge is -2.29. The first kappa shape index (κ1) is 27.8. The number of rotatable bonds is 10. The van der Waals surface area contributed by atoms with Gasteiger partial charge in [-0.3, -0.25) is 5.32 Å². The largest absolute Gasteiger partial charge is 0.447 e. The minimum Gasteiger partial charge on any atom is -0.447 e. The lowest BCUT2D eigenvalue weighted by atomic mass is 10.1. The van der Waals surface area contributed by atoms with Crippen LogP contribution in [0.4, 0.5) is 24.2 Å². The fourth-order valence-electron chi connectivity index (χ4n) is 3.30. The van der Waals surface area contributed by atoms with Crippen molar-refractivity contribution < 1.29 is 37.8 Å². The Bertz CT molecular complexity index is 1230. The van der Waals surface area contributed by atoms with Crippen LogP contribution >= 0.6 is 11.6 Å². The molecule has 0 bridgehead atoms. The van der Waals surface area contributed by atoms with Crippen LogP contribution in [0.5, 0.6) is 0 Å². The average Bonchev–Trinajstić information content (AvgIpc) is 3.35. The number of aliphatic hydroxyl groups is 2. The van der Waals surface area contributed by atoms with E-state index in [1.54, 1.807) is 12.1 Å². The number of aliphatic hydroxyl groups excluding tert-OH is 2. The number of anilines is 1. The van der Waals surface area contributed by atoms with E-state index in [9.17, 15) is 28.6 Å². The lowest BCUT2D eigenvalue weighted by molar-refractivity contribution is 0.0480. The minimum atomic E-state index is -1.19. The maximum Gasteiger partial charge on any atom is 0.412 e. The number of aromatic nitrogens is 1. The number of halogens is 3. The molecule has 37 heavy (non-hydrogen) atoms. The third-order valence-electron chi connectivity index (χ3n) is 5.34. The molecular weight excluding hydrogens is 514 g/mol. The number of hydrogen-bond acceptors (Lipinski definition) is 7. The van der Waals surface area contributed by atoms with Crippen molar-refractivity contribution >= 4 is 29.5 Å². The predicted molar refractivity (Wildman–Crippen MR) is 130 cm³/mol. The molecule has 0 aliphatic rings. The van der Waals surface area contributed by atoms with Crippen LogP contribution in [0.25, 0.3) is 11.3 Å². The number of hydrogen-bond donors (Lipinski definition) is 4. The van der Waals surface area contributed by atoms with Crippen molar-refractivity contribution in [2.24, 2.45) is 0 Å². The summed E-state index contributed by atoms with van der Waals surface area (Å²) in [6, 6.07) is 9.73. The predicted octanol–water partition coefficient (Wildman–Crippen LogP) is 3.78. The molecular formula is C24H25ClF2N4O6. The summed E-state index contributed by atoms with van der Waals surface area (Å²) < 4.78 is 37.3. The highest BCUT2D eigenvalue weighted by Crippen LogP contribution is 2.23. The van der Waals surface area contributed by atoms with Crippen molar-refractivity contribution in [2.45, 2.75) is 25.1 Å². The van der Waals surface area contributed by atoms with Crippen LogP contribution in [0.3, 0.4) is 0 Å². The number of urea groups is 1. The van der Waals surface area contributed by atoms with Gasteiger partial charge in [0, 0.05) is 25.2 Å². The SMILES string of the molecule is CN(C(=O)NCc1cccc(F)c1Cl)[C@H](COC(=O)Nc1cc(-c2cccc(F)c2)on1)C[C@@H](O)CO. The van der Waals surface area contributed by atoms with Gasteiger partial charge >= 0.3 is 12.1 Å². The van der Waals surface area contributed by atoms with Crippen LogP contribution in [0, 0.1) is 11.6 Å². The summed E-state index contributed by atoms with van der Waals surface area (Å²) >= 11 is 5.91. The molecule has 3 aromatic rings. The fraction of sp³-hybridized carbons (Fsp3) is 0.292. The number of nitrogens with one attached hydrogen (secondary N) is 2. The van der Waals surface area contributed by atoms with E-state index < -0.39 is 42.5 Å². The molecule has 0 aliphatic carbocycles. The van der Waals surface area contributed by atoms with Gasteiger partial charge in [-0.2, -0.15) is 0 Å². The van der Waals surface area contributed by atoms with E-state index in [-0.39, 0.29) is 36.2 Å². The van der Waals surface area contributed by atoms with Gasteiger partial charge in [-0.05, 0) is 30.2 Å². The topological polar surface area (TPSA) is 137 Å². The molecule has 2 aromatic carbocycles. The van der Waals surface area contributed by atoms with Crippen LogP contribution in [0.2, 0.25) is 5.02 Å². The van der Waals surface area contributed by atoms with E-state index in [2.05, 4.69) is 15.8 Å². The highest BCUT2D eigenvalue weighted by molar-refractivity contribution is 6.31. The van der Waals surface area contributed by atoms with Crippen molar-refractivity contribution in [3.8, 4) is 11.3 Å². The fourth-order valence-corrected chi connectivity index (χ4v) is 3.49. The zero-order chi connectivity index (χ0) is 26.9. The summed E-state index contributed by atoms with van der Waals surface area (Å²) in [5.41, 5.74) is 0.773. The molecule has 13 heteroatoms. The summed E-state index contributed by atoms with van der Waals surface area (Å²) in [6.45, 7) is -0.989. The Balaban J connectivity index is 1.58. The molecule has 198 valence electrons. The van der Waals surface area contributed by atoms with Crippen LogP contribution in [-0.4, -0.2) is 64.8 Å². The molecule has 2 atom stereocenters.